The summed E-state index contributed by atoms with van der Waals surface area (Å²) in [6.45, 7) is 1.41. The van der Waals surface area contributed by atoms with Crippen molar-refractivity contribution in [2.24, 2.45) is 5.14 Å². The van der Waals surface area contributed by atoms with Gasteiger partial charge in [0.05, 0.1) is 19.1 Å². The monoisotopic (exact) mass is 428 g/mol. The maximum absolute atomic E-state index is 11.2. The second-order valence-corrected chi connectivity index (χ2v) is 7.83. The van der Waals surface area contributed by atoms with Gasteiger partial charge in [0, 0.05) is 11.0 Å². The standard InChI is InChI=1S/C17H21BrN2O4S/c1-23-16-9-13(15(18)10-17(16)24-2)11-20-8-7-12-3-5-14(6-4-12)25(19,21)22/h3-6,9-10,20H,7-8,11H2,1-2H3,(H2,19,21,22). The molecule has 25 heavy (non-hydrogen) atoms. The van der Waals surface area contributed by atoms with Gasteiger partial charge in [-0.1, -0.05) is 28.1 Å². The van der Waals surface area contributed by atoms with Gasteiger partial charge in [-0.05, 0) is 48.4 Å². The van der Waals surface area contributed by atoms with Crippen LogP contribution in [0.1, 0.15) is 11.1 Å². The molecule has 2 aromatic carbocycles. The predicted molar refractivity (Wildman–Crippen MR) is 100 cm³/mol. The highest BCUT2D eigenvalue weighted by Gasteiger charge is 2.09. The molecule has 0 saturated heterocycles. The van der Waals surface area contributed by atoms with Gasteiger partial charge in [0.15, 0.2) is 11.5 Å². The Hall–Kier alpha value is -1.61. The topological polar surface area (TPSA) is 90.6 Å². The Bertz CT molecular complexity index is 823. The molecule has 2 rings (SSSR count). The number of nitrogens with two attached hydrogens (primary N) is 1. The molecule has 0 amide bonds. The quantitative estimate of drug-likeness (QED) is 0.630. The van der Waals surface area contributed by atoms with E-state index in [1.165, 1.54) is 12.1 Å². The van der Waals surface area contributed by atoms with Gasteiger partial charge in [0.25, 0.3) is 0 Å². The van der Waals surface area contributed by atoms with Crippen molar-refractivity contribution in [3.05, 3.63) is 52.0 Å². The summed E-state index contributed by atoms with van der Waals surface area (Å²) < 4.78 is 34.0. The Labute approximate surface area is 156 Å². The zero-order valence-corrected chi connectivity index (χ0v) is 16.5. The van der Waals surface area contributed by atoms with Crippen LogP contribution in [0.4, 0.5) is 0 Å². The Morgan fingerprint density at radius 1 is 1.08 bits per heavy atom. The second kappa shape index (κ2) is 8.66. The molecule has 0 aliphatic heterocycles. The smallest absolute Gasteiger partial charge is 0.238 e. The maximum Gasteiger partial charge on any atom is 0.238 e. The van der Waals surface area contributed by atoms with Crippen molar-refractivity contribution in [2.75, 3.05) is 20.8 Å². The van der Waals surface area contributed by atoms with Crippen LogP contribution >= 0.6 is 15.9 Å². The van der Waals surface area contributed by atoms with Crippen molar-refractivity contribution in [3.8, 4) is 11.5 Å². The Morgan fingerprint density at radius 2 is 1.68 bits per heavy atom. The minimum Gasteiger partial charge on any atom is -0.493 e. The van der Waals surface area contributed by atoms with E-state index in [0.29, 0.717) is 18.0 Å². The van der Waals surface area contributed by atoms with E-state index in [-0.39, 0.29) is 4.90 Å². The molecule has 0 radical (unpaired) electrons. The van der Waals surface area contributed by atoms with E-state index in [9.17, 15) is 8.42 Å². The number of halogens is 1. The third-order valence-corrected chi connectivity index (χ3v) is 5.38. The van der Waals surface area contributed by atoms with Crippen LogP contribution in [0.3, 0.4) is 0 Å². The molecule has 0 spiro atoms. The molecule has 0 aliphatic carbocycles. The molecule has 136 valence electrons. The molecule has 6 nitrogen and oxygen atoms in total. The van der Waals surface area contributed by atoms with Crippen LogP contribution < -0.4 is 19.9 Å². The molecule has 0 saturated carbocycles. The minimum atomic E-state index is -3.64. The van der Waals surface area contributed by atoms with Gasteiger partial charge in [-0.15, -0.1) is 0 Å². The number of sulfonamides is 1. The minimum absolute atomic E-state index is 0.124. The molecule has 3 N–H and O–H groups in total. The Balaban J connectivity index is 1.91. The van der Waals surface area contributed by atoms with Crippen molar-refractivity contribution < 1.29 is 17.9 Å². The normalized spacial score (nSPS) is 11.4. The van der Waals surface area contributed by atoms with Gasteiger partial charge in [-0.25, -0.2) is 13.6 Å². The maximum atomic E-state index is 11.2. The van der Waals surface area contributed by atoms with E-state index < -0.39 is 10.0 Å². The van der Waals surface area contributed by atoms with Crippen LogP contribution in [0, 0.1) is 0 Å². The van der Waals surface area contributed by atoms with Crippen LogP contribution in [0.15, 0.2) is 45.8 Å². The fourth-order valence-corrected chi connectivity index (χ4v) is 3.31. The van der Waals surface area contributed by atoms with Crippen molar-refractivity contribution in [1.29, 1.82) is 0 Å². The first-order chi connectivity index (χ1) is 11.8. The highest BCUT2D eigenvalue weighted by Crippen LogP contribution is 2.33. The number of nitrogens with one attached hydrogen (secondary N) is 1. The lowest BCUT2D eigenvalue weighted by Crippen LogP contribution is -2.17. The summed E-state index contributed by atoms with van der Waals surface area (Å²) in [4.78, 5) is 0.124. The van der Waals surface area contributed by atoms with E-state index in [4.69, 9.17) is 14.6 Å². The molecule has 2 aromatic rings. The third kappa shape index (κ3) is 5.43. The molecule has 0 heterocycles. The van der Waals surface area contributed by atoms with Gasteiger partial charge in [-0.3, -0.25) is 0 Å². The van der Waals surface area contributed by atoms with E-state index in [0.717, 1.165) is 28.6 Å². The summed E-state index contributed by atoms with van der Waals surface area (Å²) in [5.41, 5.74) is 2.09. The average molecular weight is 429 g/mol. The molecular formula is C17H21BrN2O4S. The van der Waals surface area contributed by atoms with Gasteiger partial charge in [0.1, 0.15) is 0 Å². The number of hydrogen-bond acceptors (Lipinski definition) is 5. The summed E-state index contributed by atoms with van der Waals surface area (Å²) in [5, 5.41) is 8.44. The van der Waals surface area contributed by atoms with Crippen LogP contribution in [-0.2, 0) is 23.0 Å². The number of primary sulfonamides is 1. The first kappa shape index (κ1) is 19.7. The number of benzene rings is 2. The van der Waals surface area contributed by atoms with Gasteiger partial charge in [-0.2, -0.15) is 0 Å². The average Bonchev–Trinajstić information content (AvgIpc) is 2.59. The Kier molecular flexibility index (Phi) is 6.83. The third-order valence-electron chi connectivity index (χ3n) is 3.71. The molecular weight excluding hydrogens is 408 g/mol. The van der Waals surface area contributed by atoms with Crippen molar-refractivity contribution in [2.45, 2.75) is 17.9 Å². The zero-order chi connectivity index (χ0) is 18.4. The van der Waals surface area contributed by atoms with Crippen LogP contribution in [0.25, 0.3) is 0 Å². The van der Waals surface area contributed by atoms with E-state index >= 15 is 0 Å². The second-order valence-electron chi connectivity index (χ2n) is 5.41. The number of hydrogen-bond donors (Lipinski definition) is 2. The summed E-state index contributed by atoms with van der Waals surface area (Å²) in [7, 11) is -0.435. The van der Waals surface area contributed by atoms with Crippen LogP contribution in [-0.4, -0.2) is 29.2 Å². The van der Waals surface area contributed by atoms with Gasteiger partial charge >= 0.3 is 0 Å². The number of methoxy groups -OCH3 is 2. The van der Waals surface area contributed by atoms with Gasteiger partial charge in [0.2, 0.25) is 10.0 Å². The molecule has 0 fully saturated rings. The molecule has 0 unspecified atom stereocenters. The number of rotatable bonds is 8. The van der Waals surface area contributed by atoms with Crippen LogP contribution in [0.2, 0.25) is 0 Å². The van der Waals surface area contributed by atoms with E-state index in [1.54, 1.807) is 26.4 Å². The highest BCUT2D eigenvalue weighted by atomic mass is 79.9. The SMILES string of the molecule is COc1cc(Br)c(CNCCc2ccc(S(N)(=O)=O)cc2)cc1OC. The summed E-state index contributed by atoms with van der Waals surface area (Å²) in [6.07, 6.45) is 0.774. The fraction of sp³-hybridized carbons (Fsp3) is 0.294. The van der Waals surface area contributed by atoms with E-state index in [2.05, 4.69) is 21.2 Å². The predicted octanol–water partition coefficient (Wildman–Crippen LogP) is 2.45. The fourth-order valence-electron chi connectivity index (χ4n) is 2.33. The lowest BCUT2D eigenvalue weighted by atomic mass is 10.1. The molecule has 0 aliphatic rings. The summed E-state index contributed by atoms with van der Waals surface area (Å²) >= 11 is 3.53. The van der Waals surface area contributed by atoms with Gasteiger partial charge < -0.3 is 14.8 Å². The number of ether oxygens (including phenoxy) is 2. The summed E-state index contributed by atoms with van der Waals surface area (Å²) in [6, 6.07) is 10.4. The first-order valence-electron chi connectivity index (χ1n) is 7.58. The van der Waals surface area contributed by atoms with Crippen molar-refractivity contribution in [3.63, 3.8) is 0 Å². The van der Waals surface area contributed by atoms with Crippen molar-refractivity contribution >= 4 is 26.0 Å². The zero-order valence-electron chi connectivity index (χ0n) is 14.1. The molecule has 8 heteroatoms. The lowest BCUT2D eigenvalue weighted by molar-refractivity contribution is 0.354. The lowest BCUT2D eigenvalue weighted by Gasteiger charge is -2.12. The van der Waals surface area contributed by atoms with E-state index in [1.807, 2.05) is 12.1 Å². The van der Waals surface area contributed by atoms with Crippen molar-refractivity contribution in [1.82, 2.24) is 5.32 Å². The first-order valence-corrected chi connectivity index (χ1v) is 9.92. The molecule has 0 bridgehead atoms. The van der Waals surface area contributed by atoms with Crippen LogP contribution in [0.5, 0.6) is 11.5 Å². The molecule has 0 aromatic heterocycles. The largest absolute Gasteiger partial charge is 0.493 e. The summed E-state index contributed by atoms with van der Waals surface area (Å²) in [5.74, 6) is 1.36. The highest BCUT2D eigenvalue weighted by molar-refractivity contribution is 9.10. The molecule has 0 atom stereocenters. The Morgan fingerprint density at radius 3 is 2.24 bits per heavy atom.